The molecule has 0 aliphatic carbocycles. The Morgan fingerprint density at radius 3 is 2.67 bits per heavy atom. The van der Waals surface area contributed by atoms with E-state index in [-0.39, 0.29) is 5.91 Å². The van der Waals surface area contributed by atoms with Crippen LogP contribution in [0.1, 0.15) is 30.4 Å². The van der Waals surface area contributed by atoms with E-state index >= 15 is 0 Å². The number of aliphatic hydroxyl groups excluding tert-OH is 1. The Balaban J connectivity index is 1.51. The van der Waals surface area contributed by atoms with E-state index in [4.69, 9.17) is 0 Å². The lowest BCUT2D eigenvalue weighted by Crippen LogP contribution is -2.45. The first-order valence-corrected chi connectivity index (χ1v) is 7.97. The summed E-state index contributed by atoms with van der Waals surface area (Å²) in [5.74, 6) is 0.198. The first-order valence-electron chi connectivity index (χ1n) is 7.97. The molecular weight excluding hydrogens is 264 g/mol. The number of fused-ring (bicyclic) bond motifs is 1. The third kappa shape index (κ3) is 3.63. The van der Waals surface area contributed by atoms with Crippen molar-refractivity contribution in [3.63, 3.8) is 0 Å². The zero-order valence-electron chi connectivity index (χ0n) is 12.5. The van der Waals surface area contributed by atoms with Gasteiger partial charge >= 0.3 is 0 Å². The molecule has 1 aromatic carbocycles. The van der Waals surface area contributed by atoms with Gasteiger partial charge < -0.3 is 10.0 Å². The standard InChI is InChI=1S/C17H24N2O2/c20-16(13-19-9-4-3-7-17(19)21)12-18-10-8-14-5-1-2-6-15(14)11-18/h1-2,5-6,16,20H,3-4,7-13H2. The average Bonchev–Trinajstić information content (AvgIpc) is 2.49. The van der Waals surface area contributed by atoms with Gasteiger partial charge in [-0.1, -0.05) is 24.3 Å². The lowest BCUT2D eigenvalue weighted by Gasteiger charge is -2.33. The van der Waals surface area contributed by atoms with Crippen molar-refractivity contribution in [2.45, 2.75) is 38.3 Å². The van der Waals surface area contributed by atoms with Crippen molar-refractivity contribution in [1.82, 2.24) is 9.80 Å². The van der Waals surface area contributed by atoms with Crippen molar-refractivity contribution in [3.05, 3.63) is 35.4 Å². The van der Waals surface area contributed by atoms with E-state index in [1.54, 1.807) is 0 Å². The van der Waals surface area contributed by atoms with Crippen molar-refractivity contribution < 1.29 is 9.90 Å². The molecule has 0 bridgehead atoms. The fraction of sp³-hybridized carbons (Fsp3) is 0.588. The Morgan fingerprint density at radius 1 is 1.05 bits per heavy atom. The van der Waals surface area contributed by atoms with Crippen LogP contribution in [0.25, 0.3) is 0 Å². The molecule has 0 radical (unpaired) electrons. The van der Waals surface area contributed by atoms with E-state index in [9.17, 15) is 9.90 Å². The number of aliphatic hydroxyl groups is 1. The molecular formula is C17H24N2O2. The van der Waals surface area contributed by atoms with Crippen LogP contribution in [0, 0.1) is 0 Å². The molecule has 4 heteroatoms. The van der Waals surface area contributed by atoms with Gasteiger partial charge in [-0.2, -0.15) is 0 Å². The minimum absolute atomic E-state index is 0.198. The van der Waals surface area contributed by atoms with Crippen LogP contribution < -0.4 is 0 Å². The number of carbonyl (C=O) groups is 1. The molecule has 0 saturated carbocycles. The minimum Gasteiger partial charge on any atom is -0.390 e. The van der Waals surface area contributed by atoms with E-state index < -0.39 is 6.10 Å². The first kappa shape index (κ1) is 14.5. The zero-order chi connectivity index (χ0) is 14.7. The molecule has 2 aliphatic rings. The fourth-order valence-corrected chi connectivity index (χ4v) is 3.37. The van der Waals surface area contributed by atoms with Crippen LogP contribution in [0.5, 0.6) is 0 Å². The van der Waals surface area contributed by atoms with Gasteiger partial charge in [0, 0.05) is 39.1 Å². The van der Waals surface area contributed by atoms with Gasteiger partial charge in [0.05, 0.1) is 6.10 Å². The largest absolute Gasteiger partial charge is 0.390 e. The first-order chi connectivity index (χ1) is 10.2. The van der Waals surface area contributed by atoms with Crippen molar-refractivity contribution in [3.8, 4) is 0 Å². The Kier molecular flexibility index (Phi) is 4.56. The van der Waals surface area contributed by atoms with Crippen LogP contribution in [0.4, 0.5) is 0 Å². The quantitative estimate of drug-likeness (QED) is 0.911. The van der Waals surface area contributed by atoms with Gasteiger partial charge in [-0.15, -0.1) is 0 Å². The lowest BCUT2D eigenvalue weighted by molar-refractivity contribution is -0.134. The highest BCUT2D eigenvalue weighted by molar-refractivity contribution is 5.76. The number of piperidine rings is 1. The highest BCUT2D eigenvalue weighted by Gasteiger charge is 2.23. The second-order valence-corrected chi connectivity index (χ2v) is 6.20. The number of likely N-dealkylation sites (tertiary alicyclic amines) is 1. The van der Waals surface area contributed by atoms with Crippen LogP contribution in [0.3, 0.4) is 0 Å². The predicted molar refractivity (Wildman–Crippen MR) is 81.9 cm³/mol. The number of hydrogen-bond acceptors (Lipinski definition) is 3. The molecule has 1 saturated heterocycles. The summed E-state index contributed by atoms with van der Waals surface area (Å²) in [5, 5.41) is 10.3. The molecule has 1 fully saturated rings. The molecule has 0 spiro atoms. The number of β-amino-alcohol motifs (C(OH)–C–C–N with tert-alkyl or cyclic N) is 1. The van der Waals surface area contributed by atoms with E-state index in [1.807, 2.05) is 4.90 Å². The molecule has 21 heavy (non-hydrogen) atoms. The molecule has 114 valence electrons. The van der Waals surface area contributed by atoms with Gasteiger partial charge in [0.15, 0.2) is 0 Å². The minimum atomic E-state index is -0.447. The molecule has 1 unspecified atom stereocenters. The van der Waals surface area contributed by atoms with Gasteiger partial charge in [-0.3, -0.25) is 9.69 Å². The van der Waals surface area contributed by atoms with Crippen molar-refractivity contribution in [2.75, 3.05) is 26.2 Å². The molecule has 1 aromatic rings. The second-order valence-electron chi connectivity index (χ2n) is 6.20. The number of hydrogen-bond donors (Lipinski definition) is 1. The topological polar surface area (TPSA) is 43.8 Å². The van der Waals surface area contributed by atoms with Gasteiger partial charge in [-0.25, -0.2) is 0 Å². The van der Waals surface area contributed by atoms with Crippen molar-refractivity contribution in [1.29, 1.82) is 0 Å². The Labute approximate surface area is 126 Å². The van der Waals surface area contributed by atoms with Crippen LogP contribution in [0.2, 0.25) is 0 Å². The zero-order valence-corrected chi connectivity index (χ0v) is 12.5. The summed E-state index contributed by atoms with van der Waals surface area (Å²) in [4.78, 5) is 15.9. The maximum absolute atomic E-state index is 11.8. The third-order valence-corrected chi connectivity index (χ3v) is 4.53. The van der Waals surface area contributed by atoms with E-state index in [0.717, 1.165) is 38.9 Å². The number of nitrogens with zero attached hydrogens (tertiary/aromatic N) is 2. The number of rotatable bonds is 4. The Bertz CT molecular complexity index is 503. The van der Waals surface area contributed by atoms with Crippen LogP contribution >= 0.6 is 0 Å². The molecule has 2 aliphatic heterocycles. The molecule has 2 heterocycles. The number of carbonyl (C=O) groups excluding carboxylic acids is 1. The van der Waals surface area contributed by atoms with E-state index in [2.05, 4.69) is 29.2 Å². The van der Waals surface area contributed by atoms with E-state index in [1.165, 1.54) is 11.1 Å². The van der Waals surface area contributed by atoms with Gasteiger partial charge in [0.2, 0.25) is 5.91 Å². The van der Waals surface area contributed by atoms with E-state index in [0.29, 0.717) is 19.5 Å². The van der Waals surface area contributed by atoms with Gasteiger partial charge in [0.25, 0.3) is 0 Å². The number of amides is 1. The van der Waals surface area contributed by atoms with Crippen molar-refractivity contribution >= 4 is 5.91 Å². The van der Waals surface area contributed by atoms with Crippen LogP contribution in [-0.4, -0.2) is 53.1 Å². The molecule has 1 atom stereocenters. The van der Waals surface area contributed by atoms with Crippen LogP contribution in [0.15, 0.2) is 24.3 Å². The molecule has 3 rings (SSSR count). The SMILES string of the molecule is O=C1CCCCN1CC(O)CN1CCc2ccccc2C1. The Morgan fingerprint density at radius 2 is 1.86 bits per heavy atom. The van der Waals surface area contributed by atoms with Crippen LogP contribution in [-0.2, 0) is 17.8 Å². The summed E-state index contributed by atoms with van der Waals surface area (Å²) in [6.07, 6.45) is 3.30. The maximum Gasteiger partial charge on any atom is 0.222 e. The Hall–Kier alpha value is -1.39. The normalized spacial score (nSPS) is 21.2. The number of benzene rings is 1. The average molecular weight is 288 g/mol. The highest BCUT2D eigenvalue weighted by Crippen LogP contribution is 2.19. The molecule has 1 N–H and O–H groups in total. The smallest absolute Gasteiger partial charge is 0.222 e. The highest BCUT2D eigenvalue weighted by atomic mass is 16.3. The summed E-state index contributed by atoms with van der Waals surface area (Å²) in [7, 11) is 0. The molecule has 4 nitrogen and oxygen atoms in total. The third-order valence-electron chi connectivity index (χ3n) is 4.53. The summed E-state index contributed by atoms with van der Waals surface area (Å²) in [6.45, 7) is 3.83. The van der Waals surface area contributed by atoms with Gasteiger partial charge in [0.1, 0.15) is 0 Å². The summed E-state index contributed by atoms with van der Waals surface area (Å²) in [6, 6.07) is 8.52. The van der Waals surface area contributed by atoms with Gasteiger partial charge in [-0.05, 0) is 30.4 Å². The summed E-state index contributed by atoms with van der Waals surface area (Å²) >= 11 is 0. The monoisotopic (exact) mass is 288 g/mol. The summed E-state index contributed by atoms with van der Waals surface area (Å²) < 4.78 is 0. The maximum atomic E-state index is 11.8. The summed E-state index contributed by atoms with van der Waals surface area (Å²) in [5.41, 5.74) is 2.79. The molecule has 0 aromatic heterocycles. The fourth-order valence-electron chi connectivity index (χ4n) is 3.37. The predicted octanol–water partition coefficient (Wildman–Crippen LogP) is 1.42. The second kappa shape index (κ2) is 6.58. The van der Waals surface area contributed by atoms with Crippen molar-refractivity contribution in [2.24, 2.45) is 0 Å². The molecule has 1 amide bonds. The lowest BCUT2D eigenvalue weighted by atomic mass is 9.99.